The van der Waals surface area contributed by atoms with Crippen LogP contribution in [0.15, 0.2) is 36.5 Å². The highest BCUT2D eigenvalue weighted by molar-refractivity contribution is 5.94. The van der Waals surface area contributed by atoms with Gasteiger partial charge in [-0.2, -0.15) is 18.0 Å². The molecule has 424 valence electrons. The van der Waals surface area contributed by atoms with E-state index in [0.717, 1.165) is 18.4 Å². The Kier molecular flexibility index (Phi) is 18.8. The maximum absolute atomic E-state index is 14.9. The summed E-state index contributed by atoms with van der Waals surface area (Å²) >= 11 is 0. The van der Waals surface area contributed by atoms with E-state index >= 15 is 0 Å². The quantitative estimate of drug-likeness (QED) is 0.104. The van der Waals surface area contributed by atoms with Crippen LogP contribution in [0.5, 0.6) is 0 Å². The summed E-state index contributed by atoms with van der Waals surface area (Å²) in [6.07, 6.45) is -0.934. The van der Waals surface area contributed by atoms with Crippen molar-refractivity contribution in [3.8, 4) is 11.3 Å². The number of benzene rings is 1. The van der Waals surface area contributed by atoms with Gasteiger partial charge in [0.1, 0.15) is 37.6 Å². The fraction of sp³-hybridized carbons (Fsp3) is 0.661. The minimum absolute atomic E-state index is 0.0282. The lowest BCUT2D eigenvalue weighted by atomic mass is 9.83. The van der Waals surface area contributed by atoms with Gasteiger partial charge in [-0.05, 0) is 120 Å². The predicted octanol–water partition coefficient (Wildman–Crippen LogP) is 7.46. The number of methoxy groups -OCH3 is 1. The normalized spacial score (nSPS) is 23.4. The van der Waals surface area contributed by atoms with Crippen LogP contribution >= 0.6 is 0 Å². The summed E-state index contributed by atoms with van der Waals surface area (Å²) in [6, 6.07) is 6.30. The van der Waals surface area contributed by atoms with E-state index in [1.165, 1.54) is 26.2 Å². The number of carbonyl (C=O) groups is 5. The largest absolute Gasteiger partial charge is 0.596 e. The van der Waals surface area contributed by atoms with E-state index < -0.39 is 65.9 Å². The van der Waals surface area contributed by atoms with Crippen LogP contribution in [0.4, 0.5) is 22.8 Å². The van der Waals surface area contributed by atoms with Gasteiger partial charge in [0.25, 0.3) is 5.91 Å². The Hall–Kier alpha value is -5.64. The number of ether oxygens (including phenoxy) is 4. The lowest BCUT2D eigenvalue weighted by molar-refractivity contribution is -0.447. The number of pyridine rings is 1. The number of cyclic esters (lactones) is 1. The molecule has 3 fully saturated rings. The molecule has 1 unspecified atom stereocenters. The van der Waals surface area contributed by atoms with Gasteiger partial charge < -0.3 is 43.5 Å². The Balaban J connectivity index is 1.17. The third-order valence-corrected chi connectivity index (χ3v) is 15.0. The van der Waals surface area contributed by atoms with Gasteiger partial charge in [0, 0.05) is 81.0 Å². The van der Waals surface area contributed by atoms with Crippen LogP contribution in [0.3, 0.4) is 0 Å². The van der Waals surface area contributed by atoms with Gasteiger partial charge in [0.05, 0.1) is 36.6 Å². The molecule has 3 saturated heterocycles. The molecule has 77 heavy (non-hydrogen) atoms. The number of likely N-dealkylation sites (tertiary alicyclic amines) is 1. The standard InChI is InChI=1S/C56H80F3N9O9/c1-35(2)48(64(10)52(72)66-24-20-40(31-66)75-26-25-63(9)53(73)77-54(4,5)6)50(70)61-44-32-65-22-13-15-38(30-65)37-18-19-45-42(27-37)43(29-55(7,8)34-76-46(69)28-39-16-14-23-68(62-39)51(44)71)49(67(45)33-56(57,58)59)41-17-12-21-60-47(41)36(3)74-11/h12,17-19,21,27,35-36,38-40,44,48,62H,9,13-16,20,22-26,28-34H2,1-8,10-11H3/p+1/t36-,38+,39-,40+,44-,48-/m0/s1. The molecule has 0 spiro atoms. The minimum atomic E-state index is -4.57. The average molecular weight is 1080 g/mol. The van der Waals surface area contributed by atoms with Crippen molar-refractivity contribution in [2.45, 2.75) is 155 Å². The van der Waals surface area contributed by atoms with Gasteiger partial charge in [-0.1, -0.05) is 33.8 Å². The molecule has 2 aromatic heterocycles. The highest BCUT2D eigenvalue weighted by Crippen LogP contribution is 2.43. The zero-order valence-electron chi connectivity index (χ0n) is 46.7. The third-order valence-electron chi connectivity index (χ3n) is 15.0. The fourth-order valence-corrected chi connectivity index (χ4v) is 11.2. The van der Waals surface area contributed by atoms with Crippen molar-refractivity contribution in [1.82, 2.24) is 40.0 Å². The molecule has 2 N–H and O–H groups in total. The summed E-state index contributed by atoms with van der Waals surface area (Å²) in [6.45, 7) is 19.8. The van der Waals surface area contributed by atoms with Gasteiger partial charge in [0.2, 0.25) is 5.91 Å². The fourth-order valence-electron chi connectivity index (χ4n) is 11.2. The van der Waals surface area contributed by atoms with Gasteiger partial charge in [0.15, 0.2) is 6.54 Å². The van der Waals surface area contributed by atoms with E-state index in [9.17, 15) is 37.1 Å². The Morgan fingerprint density at radius 1 is 1.03 bits per heavy atom. The lowest BCUT2D eigenvalue weighted by Gasteiger charge is -2.40. The number of piperidine rings is 1. The molecule has 6 heterocycles. The summed E-state index contributed by atoms with van der Waals surface area (Å²) in [5.41, 5.74) is 5.24. The molecule has 0 saturated carbocycles. The number of carbonyl (C=O) groups excluding carboxylic acids is 5. The van der Waals surface area contributed by atoms with Gasteiger partial charge in [-0.15, -0.1) is 4.58 Å². The molecule has 18 nitrogen and oxygen atoms in total. The first-order valence-electron chi connectivity index (χ1n) is 27.1. The monoisotopic (exact) mass is 1080 g/mol. The van der Waals surface area contributed by atoms with Crippen molar-refractivity contribution in [3.05, 3.63) is 53.3 Å². The number of amides is 5. The number of esters is 1. The first-order chi connectivity index (χ1) is 36.2. The summed E-state index contributed by atoms with van der Waals surface area (Å²) in [5, 5.41) is 5.23. The number of hydrogen-bond acceptors (Lipinski definition) is 12. The molecule has 4 aliphatic rings. The number of nitrogens with zero attached hydrogens (tertiary/aromatic N) is 7. The second kappa shape index (κ2) is 24.6. The zero-order valence-corrected chi connectivity index (χ0v) is 46.7. The maximum atomic E-state index is 14.9. The summed E-state index contributed by atoms with van der Waals surface area (Å²) in [4.78, 5) is 79.7. The lowest BCUT2D eigenvalue weighted by Crippen LogP contribution is -2.63. The number of urea groups is 1. The second-order valence-electron chi connectivity index (χ2n) is 23.5. The Morgan fingerprint density at radius 2 is 1.77 bits per heavy atom. The van der Waals surface area contributed by atoms with Crippen LogP contribution in [-0.4, -0.2) is 180 Å². The number of alkyl halides is 3. The Morgan fingerprint density at radius 3 is 2.47 bits per heavy atom. The van der Waals surface area contributed by atoms with Crippen molar-refractivity contribution >= 4 is 47.5 Å². The third kappa shape index (κ3) is 14.9. The van der Waals surface area contributed by atoms with Gasteiger partial charge >= 0.3 is 24.3 Å². The minimum Gasteiger partial charge on any atom is -0.465 e. The van der Waals surface area contributed by atoms with Crippen LogP contribution < -0.4 is 10.7 Å². The highest BCUT2D eigenvalue weighted by atomic mass is 19.4. The number of fused-ring (bicyclic) bond motifs is 6. The molecule has 0 aliphatic carbocycles. The average Bonchev–Trinajstić information content (AvgIpc) is 3.97. The number of hydrogen-bond donors (Lipinski definition) is 2. The van der Waals surface area contributed by atoms with Gasteiger partial charge in [-0.25, -0.2) is 10.2 Å². The molecule has 7 rings (SSSR count). The molecular weight excluding hydrogens is 1000 g/mol. The van der Waals surface area contributed by atoms with Crippen molar-refractivity contribution in [2.75, 3.05) is 73.2 Å². The molecule has 5 amide bonds. The van der Waals surface area contributed by atoms with E-state index in [-0.39, 0.29) is 75.6 Å². The number of nitrogens with one attached hydrogen (secondary N) is 2. The van der Waals surface area contributed by atoms with Crippen molar-refractivity contribution in [1.29, 1.82) is 0 Å². The Labute approximate surface area is 450 Å². The number of halogens is 3. The van der Waals surface area contributed by atoms with Crippen LogP contribution in [0, 0.1) is 11.3 Å². The van der Waals surface area contributed by atoms with Crippen LogP contribution in [0.25, 0.3) is 22.2 Å². The summed E-state index contributed by atoms with van der Waals surface area (Å²) in [7, 11) is 3.12. The Bertz CT molecular complexity index is 2630. The van der Waals surface area contributed by atoms with E-state index in [1.807, 2.05) is 46.8 Å². The molecule has 1 aromatic carbocycles. The van der Waals surface area contributed by atoms with Crippen molar-refractivity contribution < 1.29 is 60.7 Å². The van der Waals surface area contributed by atoms with E-state index in [0.29, 0.717) is 78.9 Å². The molecule has 21 heteroatoms. The summed E-state index contributed by atoms with van der Waals surface area (Å²) in [5.74, 6) is -1.83. The molecule has 7 atom stereocenters. The molecule has 3 aromatic rings. The van der Waals surface area contributed by atoms with Crippen LogP contribution in [0.1, 0.15) is 123 Å². The van der Waals surface area contributed by atoms with E-state index in [1.54, 1.807) is 57.1 Å². The number of hydrazine groups is 1. The smallest absolute Gasteiger partial charge is 0.465 e. The molecule has 4 aliphatic heterocycles. The molecule has 0 radical (unpaired) electrons. The van der Waals surface area contributed by atoms with Crippen LogP contribution in [-0.2, 0) is 46.3 Å². The first-order valence-corrected chi connectivity index (χ1v) is 27.1. The predicted molar refractivity (Wildman–Crippen MR) is 284 cm³/mol. The number of aromatic nitrogens is 2. The zero-order chi connectivity index (χ0) is 56.1. The highest BCUT2D eigenvalue weighted by Gasteiger charge is 2.41. The number of rotatable bonds is 12. The summed E-state index contributed by atoms with van der Waals surface area (Å²) < 4.78 is 70.0. The number of likely N-dealkylation sites (N-methyl/N-ethyl adjacent to an activating group) is 1. The molecular formula is C56H81F3N9O9+. The maximum Gasteiger partial charge on any atom is 0.596 e. The van der Waals surface area contributed by atoms with E-state index in [4.69, 9.17) is 18.9 Å². The van der Waals surface area contributed by atoms with Crippen molar-refractivity contribution in [2.24, 2.45) is 11.3 Å². The first kappa shape index (κ1) is 59.0. The van der Waals surface area contributed by atoms with Crippen LogP contribution in [0.2, 0.25) is 0 Å². The topological polar surface area (TPSA) is 180 Å². The molecule has 6 bridgehead atoms. The van der Waals surface area contributed by atoms with E-state index in [2.05, 4.69) is 27.3 Å². The SMILES string of the molecule is C=[N+](CCO[C@@H]1CCN(C(=O)N(C)[C@H](C(=O)N[C@H]2CN3CCC[C@H](C3)c3ccc4c(c3)c(c(-c3cccnc3[C@H](C)OC)n4CC(F)(F)F)CC(C)(C)COC(=O)C[C@@H]3CCCN(N3)C2=O)C(C)C)C1)C(=O)OC(C)(C)C. The second-order valence-corrected chi connectivity index (χ2v) is 23.5. The van der Waals surface area contributed by atoms with Gasteiger partial charge in [-0.3, -0.25) is 24.4 Å². The van der Waals surface area contributed by atoms with Crippen molar-refractivity contribution in [3.63, 3.8) is 0 Å².